The number of carbonyl (C=O) groups is 1. The molecule has 0 aromatic heterocycles. The molecule has 2 heterocycles. The number of nitrogens with zero attached hydrogens (tertiary/aromatic N) is 3. The Morgan fingerprint density at radius 1 is 1.37 bits per heavy atom. The van der Waals surface area contributed by atoms with Gasteiger partial charge in [-0.2, -0.15) is 4.99 Å². The lowest BCUT2D eigenvalue weighted by Gasteiger charge is -2.40. The maximum Gasteiger partial charge on any atom is 0.216 e. The number of piperidine rings is 1. The zero-order chi connectivity index (χ0) is 21.7. The lowest BCUT2D eigenvalue weighted by molar-refractivity contribution is -0.114. The fourth-order valence-corrected chi connectivity index (χ4v) is 4.85. The monoisotopic (exact) mass is 432 g/mol. The standard InChI is InChI=1S/C22H32N4O3S/c1-16-18(28-4)6-5-7-19(16)30-17(2)20(23)24-21(25(3)15-27)26-11-8-22(9-12-26)10-13-29-14-22/h5-7,15H,8-14,23H2,1-4H3/b20-17+,24-21+. The van der Waals surface area contributed by atoms with Crippen LogP contribution in [0.5, 0.6) is 5.75 Å². The van der Waals surface area contributed by atoms with Gasteiger partial charge in [-0.05, 0) is 50.7 Å². The number of hydrogen-bond donors (Lipinski definition) is 1. The second-order valence-electron chi connectivity index (χ2n) is 8.04. The van der Waals surface area contributed by atoms with E-state index >= 15 is 0 Å². The van der Waals surface area contributed by atoms with E-state index in [-0.39, 0.29) is 0 Å². The molecule has 7 nitrogen and oxygen atoms in total. The Morgan fingerprint density at radius 2 is 2.10 bits per heavy atom. The molecule has 2 fully saturated rings. The quantitative estimate of drug-likeness (QED) is 0.333. The fraction of sp³-hybridized carbons (Fsp3) is 0.545. The number of rotatable bonds is 5. The van der Waals surface area contributed by atoms with E-state index in [1.807, 2.05) is 32.0 Å². The summed E-state index contributed by atoms with van der Waals surface area (Å²) in [5.74, 6) is 1.85. The second-order valence-corrected chi connectivity index (χ2v) is 9.30. The molecule has 2 aliphatic heterocycles. The summed E-state index contributed by atoms with van der Waals surface area (Å²) in [4.78, 5) is 21.8. The van der Waals surface area contributed by atoms with Crippen LogP contribution in [0.3, 0.4) is 0 Å². The number of guanidine groups is 1. The molecule has 0 atom stereocenters. The summed E-state index contributed by atoms with van der Waals surface area (Å²) in [6.07, 6.45) is 3.98. The molecule has 1 spiro atoms. The summed E-state index contributed by atoms with van der Waals surface area (Å²) in [6.45, 7) is 7.35. The highest BCUT2D eigenvalue weighted by Gasteiger charge is 2.39. The zero-order valence-electron chi connectivity index (χ0n) is 18.3. The van der Waals surface area contributed by atoms with Crippen LogP contribution in [0.25, 0.3) is 0 Å². The molecule has 1 amide bonds. The van der Waals surface area contributed by atoms with E-state index in [1.54, 1.807) is 25.9 Å². The van der Waals surface area contributed by atoms with Gasteiger partial charge < -0.3 is 20.1 Å². The average molecular weight is 433 g/mol. The van der Waals surface area contributed by atoms with Crippen molar-refractivity contribution in [3.8, 4) is 5.75 Å². The molecular formula is C22H32N4O3S. The van der Waals surface area contributed by atoms with Gasteiger partial charge in [0.2, 0.25) is 12.4 Å². The minimum Gasteiger partial charge on any atom is -0.496 e. The van der Waals surface area contributed by atoms with Crippen molar-refractivity contribution < 1.29 is 14.3 Å². The van der Waals surface area contributed by atoms with Crippen molar-refractivity contribution >= 4 is 24.1 Å². The highest BCUT2D eigenvalue weighted by Crippen LogP contribution is 2.39. The first-order chi connectivity index (χ1) is 14.4. The Balaban J connectivity index is 1.79. The number of likely N-dealkylation sites (tertiary alicyclic amines) is 1. The smallest absolute Gasteiger partial charge is 0.216 e. The van der Waals surface area contributed by atoms with Crippen molar-refractivity contribution in [3.05, 3.63) is 34.5 Å². The lowest BCUT2D eigenvalue weighted by Crippen LogP contribution is -2.48. The third-order valence-corrected chi connectivity index (χ3v) is 7.24. The average Bonchev–Trinajstić information content (AvgIpc) is 3.21. The zero-order valence-corrected chi connectivity index (χ0v) is 19.1. The molecule has 164 valence electrons. The number of hydrogen-bond acceptors (Lipinski definition) is 6. The van der Waals surface area contributed by atoms with Crippen molar-refractivity contribution in [1.29, 1.82) is 0 Å². The van der Waals surface area contributed by atoms with Gasteiger partial charge in [0.25, 0.3) is 0 Å². The summed E-state index contributed by atoms with van der Waals surface area (Å²) in [6, 6.07) is 5.94. The second kappa shape index (κ2) is 9.75. The van der Waals surface area contributed by atoms with Crippen LogP contribution in [0, 0.1) is 12.3 Å². The number of amides is 1. The number of thioether (sulfide) groups is 1. The lowest BCUT2D eigenvalue weighted by atomic mass is 9.78. The van der Waals surface area contributed by atoms with Crippen LogP contribution in [-0.2, 0) is 9.53 Å². The molecule has 0 aliphatic carbocycles. The largest absolute Gasteiger partial charge is 0.496 e. The van der Waals surface area contributed by atoms with Crippen molar-refractivity contribution in [2.75, 3.05) is 40.5 Å². The van der Waals surface area contributed by atoms with Crippen molar-refractivity contribution in [3.63, 3.8) is 0 Å². The molecule has 0 bridgehead atoms. The molecule has 3 rings (SSSR count). The van der Waals surface area contributed by atoms with Gasteiger partial charge in [-0.25, -0.2) is 0 Å². The molecular weight excluding hydrogens is 400 g/mol. The Labute approximate surface area is 183 Å². The highest BCUT2D eigenvalue weighted by molar-refractivity contribution is 8.03. The van der Waals surface area contributed by atoms with Gasteiger partial charge in [-0.3, -0.25) is 9.69 Å². The van der Waals surface area contributed by atoms with Gasteiger partial charge >= 0.3 is 0 Å². The van der Waals surface area contributed by atoms with Crippen molar-refractivity contribution in [2.24, 2.45) is 16.1 Å². The van der Waals surface area contributed by atoms with E-state index in [1.165, 1.54) is 4.90 Å². The first-order valence-corrected chi connectivity index (χ1v) is 11.1. The predicted molar refractivity (Wildman–Crippen MR) is 120 cm³/mol. The highest BCUT2D eigenvalue weighted by atomic mass is 32.2. The molecule has 1 aromatic carbocycles. The van der Waals surface area contributed by atoms with E-state index in [9.17, 15) is 4.79 Å². The SMILES string of the molecule is COc1cccc(S/C(C)=C(N)/N=C(\N(C)C=O)N2CCC3(CCOC3)CC2)c1C. The number of nitrogens with two attached hydrogens (primary N) is 1. The van der Waals surface area contributed by atoms with Crippen LogP contribution < -0.4 is 10.5 Å². The van der Waals surface area contributed by atoms with Gasteiger partial charge in [-0.1, -0.05) is 17.8 Å². The summed E-state index contributed by atoms with van der Waals surface area (Å²) < 4.78 is 11.0. The van der Waals surface area contributed by atoms with Crippen LogP contribution in [0.4, 0.5) is 0 Å². The van der Waals surface area contributed by atoms with Crippen molar-refractivity contribution in [2.45, 2.75) is 38.0 Å². The van der Waals surface area contributed by atoms with E-state index < -0.39 is 0 Å². The Kier molecular flexibility index (Phi) is 7.31. The van der Waals surface area contributed by atoms with Gasteiger partial charge in [-0.15, -0.1) is 0 Å². The number of ether oxygens (including phenoxy) is 2. The number of allylic oxidation sites excluding steroid dienone is 1. The van der Waals surface area contributed by atoms with E-state index in [0.717, 1.165) is 73.1 Å². The molecule has 2 N–H and O–H groups in total. The molecule has 30 heavy (non-hydrogen) atoms. The summed E-state index contributed by atoms with van der Waals surface area (Å²) in [7, 11) is 3.39. The molecule has 2 aliphatic rings. The molecule has 0 radical (unpaired) electrons. The van der Waals surface area contributed by atoms with E-state index in [2.05, 4.69) is 9.89 Å². The van der Waals surface area contributed by atoms with Crippen LogP contribution in [0.2, 0.25) is 0 Å². The molecule has 0 unspecified atom stereocenters. The van der Waals surface area contributed by atoms with Crippen LogP contribution in [0.1, 0.15) is 31.7 Å². The van der Waals surface area contributed by atoms with Crippen molar-refractivity contribution in [1.82, 2.24) is 9.80 Å². The van der Waals surface area contributed by atoms with Crippen LogP contribution in [0.15, 0.2) is 38.8 Å². The molecule has 8 heteroatoms. The number of aliphatic imine (C=N–C) groups is 1. The van der Waals surface area contributed by atoms with Crippen LogP contribution >= 0.6 is 11.8 Å². The number of benzene rings is 1. The Hall–Kier alpha value is -2.19. The minimum atomic E-state index is 0.290. The minimum absolute atomic E-state index is 0.290. The third kappa shape index (κ3) is 4.92. The van der Waals surface area contributed by atoms with E-state index in [0.29, 0.717) is 17.2 Å². The topological polar surface area (TPSA) is 80.4 Å². The first kappa shape index (κ1) is 22.5. The van der Waals surface area contributed by atoms with Gasteiger partial charge in [0.1, 0.15) is 11.6 Å². The van der Waals surface area contributed by atoms with Crippen LogP contribution in [-0.4, -0.2) is 62.6 Å². The molecule has 0 saturated carbocycles. The Bertz CT molecular complexity index is 824. The normalized spacial score (nSPS) is 19.6. The summed E-state index contributed by atoms with van der Waals surface area (Å²) in [5.41, 5.74) is 7.70. The van der Waals surface area contributed by atoms with Gasteiger partial charge in [0.05, 0.1) is 13.7 Å². The van der Waals surface area contributed by atoms with Gasteiger partial charge in [0, 0.05) is 42.1 Å². The number of methoxy groups -OCH3 is 1. The first-order valence-electron chi connectivity index (χ1n) is 10.3. The van der Waals surface area contributed by atoms with Gasteiger partial charge in [0.15, 0.2) is 0 Å². The number of carbonyl (C=O) groups excluding carboxylic acids is 1. The molecule has 1 aromatic rings. The maximum absolute atomic E-state index is 11.5. The third-order valence-electron chi connectivity index (χ3n) is 6.06. The Morgan fingerprint density at radius 3 is 2.70 bits per heavy atom. The summed E-state index contributed by atoms with van der Waals surface area (Å²) in [5, 5.41) is 0. The van der Waals surface area contributed by atoms with E-state index in [4.69, 9.17) is 15.2 Å². The maximum atomic E-state index is 11.5. The summed E-state index contributed by atoms with van der Waals surface area (Å²) >= 11 is 1.56. The molecule has 2 saturated heterocycles. The predicted octanol–water partition coefficient (Wildman–Crippen LogP) is 3.19. The fourth-order valence-electron chi connectivity index (χ4n) is 3.97.